The highest BCUT2D eigenvalue weighted by Crippen LogP contribution is 2.17. The maximum Gasteiger partial charge on any atom is 0.281 e. The van der Waals surface area contributed by atoms with Crippen LogP contribution >= 0.6 is 15.9 Å². The highest BCUT2D eigenvalue weighted by atomic mass is 79.9. The molecule has 0 unspecified atom stereocenters. The van der Waals surface area contributed by atoms with E-state index in [0.717, 1.165) is 4.47 Å². The lowest BCUT2D eigenvalue weighted by molar-refractivity contribution is 0.102. The van der Waals surface area contributed by atoms with Crippen molar-refractivity contribution in [2.45, 2.75) is 6.42 Å². The number of aliphatic imine (C=N–C) groups is 1. The van der Waals surface area contributed by atoms with E-state index in [1.54, 1.807) is 18.2 Å². The number of nitrogens with zero attached hydrogens (tertiary/aromatic N) is 2. The molecule has 3 N–H and O–H groups in total. The number of amidine groups is 1. The maximum atomic E-state index is 13.8. The van der Waals surface area contributed by atoms with Crippen molar-refractivity contribution >= 4 is 33.5 Å². The van der Waals surface area contributed by atoms with Crippen molar-refractivity contribution in [3.8, 4) is 0 Å². The summed E-state index contributed by atoms with van der Waals surface area (Å²) in [5.41, 5.74) is 6.55. The normalized spacial score (nSPS) is 11.2. The fourth-order valence-corrected chi connectivity index (χ4v) is 2.11. The van der Waals surface area contributed by atoms with E-state index < -0.39 is 0 Å². The average molecular weight is 395 g/mol. The van der Waals surface area contributed by atoms with E-state index >= 15 is 0 Å². The van der Waals surface area contributed by atoms with Gasteiger partial charge in [0.2, 0.25) is 0 Å². The van der Waals surface area contributed by atoms with Crippen LogP contribution in [0.1, 0.15) is 16.1 Å². The first-order valence-electron chi connectivity index (χ1n) is 7.06. The summed E-state index contributed by atoms with van der Waals surface area (Å²) < 4.78 is 19.7. The van der Waals surface area contributed by atoms with E-state index in [1.807, 2.05) is 0 Å². The van der Waals surface area contributed by atoms with Crippen molar-refractivity contribution in [3.63, 3.8) is 0 Å². The molecule has 1 amide bonds. The van der Waals surface area contributed by atoms with E-state index in [0.29, 0.717) is 17.7 Å². The molecule has 1 aromatic heterocycles. The molecule has 0 fully saturated rings. The molecule has 2 aromatic rings. The van der Waals surface area contributed by atoms with E-state index in [9.17, 15) is 9.18 Å². The zero-order valence-electron chi connectivity index (χ0n) is 12.9. The third kappa shape index (κ3) is 5.02. The second kappa shape index (κ2) is 8.39. The summed E-state index contributed by atoms with van der Waals surface area (Å²) in [4.78, 5) is 19.8. The number of pyridine rings is 1. The second-order valence-corrected chi connectivity index (χ2v) is 5.70. The molecular weight excluding hydrogens is 379 g/mol. The van der Waals surface area contributed by atoms with Gasteiger partial charge in [-0.1, -0.05) is 0 Å². The molecule has 0 spiro atoms. The Kier molecular flexibility index (Phi) is 6.25. The van der Waals surface area contributed by atoms with Gasteiger partial charge in [-0.25, -0.2) is 14.4 Å². The molecule has 0 aliphatic carbocycles. The molecule has 24 heavy (non-hydrogen) atoms. The Hall–Kier alpha value is -2.48. The second-order valence-electron chi connectivity index (χ2n) is 4.78. The molecule has 0 aliphatic rings. The highest BCUT2D eigenvalue weighted by Gasteiger charge is 2.10. The number of nitrogens with one attached hydrogen (secondary N) is 1. The number of rotatable bonds is 5. The first-order valence-corrected chi connectivity index (χ1v) is 7.85. The van der Waals surface area contributed by atoms with Gasteiger partial charge in [0.15, 0.2) is 0 Å². The number of aromatic nitrogens is 1. The summed E-state index contributed by atoms with van der Waals surface area (Å²) in [6.07, 6.45) is 1.82. The number of anilines is 1. The van der Waals surface area contributed by atoms with Crippen LogP contribution in [0.5, 0.6) is 0 Å². The molecule has 0 saturated heterocycles. The number of nitrogens with two attached hydrogens (primary N) is 1. The molecule has 2 rings (SSSR count). The molecule has 0 bridgehead atoms. The summed E-state index contributed by atoms with van der Waals surface area (Å²) >= 11 is 3.25. The number of benzene rings is 1. The maximum absolute atomic E-state index is 13.8. The SMILES string of the molecule is C/N=C(/N)OCCc1cc(NC(=O)c2ccc(Br)cn2)ccc1F. The van der Waals surface area contributed by atoms with Gasteiger partial charge in [-0.3, -0.25) is 4.79 Å². The fraction of sp³-hybridized carbons (Fsp3) is 0.188. The largest absolute Gasteiger partial charge is 0.465 e. The van der Waals surface area contributed by atoms with Crippen LogP contribution in [0.3, 0.4) is 0 Å². The third-order valence-corrected chi connectivity index (χ3v) is 3.57. The van der Waals surface area contributed by atoms with Crippen molar-refractivity contribution in [1.82, 2.24) is 4.98 Å². The van der Waals surface area contributed by atoms with Crippen molar-refractivity contribution in [1.29, 1.82) is 0 Å². The zero-order chi connectivity index (χ0) is 17.5. The Morgan fingerprint density at radius 3 is 2.88 bits per heavy atom. The predicted molar refractivity (Wildman–Crippen MR) is 93.5 cm³/mol. The minimum absolute atomic E-state index is 0.0428. The number of carbonyl (C=O) groups excluding carboxylic acids is 1. The summed E-state index contributed by atoms with van der Waals surface area (Å²) in [6, 6.07) is 7.67. The van der Waals surface area contributed by atoms with Crippen LogP contribution in [-0.2, 0) is 11.2 Å². The average Bonchev–Trinajstić information content (AvgIpc) is 2.58. The van der Waals surface area contributed by atoms with Crippen LogP contribution in [-0.4, -0.2) is 30.6 Å². The highest BCUT2D eigenvalue weighted by molar-refractivity contribution is 9.10. The number of ether oxygens (including phenoxy) is 1. The molecule has 0 aliphatic heterocycles. The number of amides is 1. The van der Waals surface area contributed by atoms with Crippen LogP contribution in [0.4, 0.5) is 10.1 Å². The lowest BCUT2D eigenvalue weighted by Crippen LogP contribution is -2.18. The van der Waals surface area contributed by atoms with Crippen LogP contribution in [0.15, 0.2) is 46.0 Å². The van der Waals surface area contributed by atoms with Gasteiger partial charge in [0.25, 0.3) is 11.9 Å². The Morgan fingerprint density at radius 2 is 2.21 bits per heavy atom. The molecule has 1 aromatic carbocycles. The summed E-state index contributed by atoms with van der Waals surface area (Å²) in [5.74, 6) is -0.760. The lowest BCUT2D eigenvalue weighted by Gasteiger charge is -2.09. The smallest absolute Gasteiger partial charge is 0.281 e. The first kappa shape index (κ1) is 17.9. The van der Waals surface area contributed by atoms with Crippen molar-refractivity contribution in [2.75, 3.05) is 19.0 Å². The van der Waals surface area contributed by atoms with Gasteiger partial charge < -0.3 is 15.8 Å². The van der Waals surface area contributed by atoms with Gasteiger partial charge >= 0.3 is 0 Å². The molecule has 8 heteroatoms. The van der Waals surface area contributed by atoms with Crippen molar-refractivity contribution in [2.24, 2.45) is 10.7 Å². The molecule has 0 saturated carbocycles. The van der Waals surface area contributed by atoms with Gasteiger partial charge in [-0.2, -0.15) is 0 Å². The number of halogens is 2. The quantitative estimate of drug-likeness (QED) is 0.602. The number of carbonyl (C=O) groups is 1. The van der Waals surface area contributed by atoms with Crippen LogP contribution in [0, 0.1) is 5.82 Å². The fourth-order valence-electron chi connectivity index (χ4n) is 1.88. The van der Waals surface area contributed by atoms with Crippen molar-refractivity contribution < 1.29 is 13.9 Å². The molecular formula is C16H16BrFN4O2. The van der Waals surface area contributed by atoms with Gasteiger partial charge in [-0.05, 0) is 51.8 Å². The van der Waals surface area contributed by atoms with Gasteiger partial charge in [0, 0.05) is 29.8 Å². The molecule has 126 valence electrons. The van der Waals surface area contributed by atoms with Gasteiger partial charge in [0.1, 0.15) is 11.5 Å². The Balaban J connectivity index is 2.04. The Labute approximate surface area is 147 Å². The molecule has 0 atom stereocenters. The van der Waals surface area contributed by atoms with Gasteiger partial charge in [-0.15, -0.1) is 0 Å². The summed E-state index contributed by atoms with van der Waals surface area (Å²) in [6.45, 7) is 0.186. The summed E-state index contributed by atoms with van der Waals surface area (Å²) in [7, 11) is 1.50. The van der Waals surface area contributed by atoms with Gasteiger partial charge in [0.05, 0.1) is 6.61 Å². The monoisotopic (exact) mass is 394 g/mol. The van der Waals surface area contributed by atoms with Crippen LogP contribution in [0.2, 0.25) is 0 Å². The molecule has 1 heterocycles. The Bertz CT molecular complexity index is 750. The third-order valence-electron chi connectivity index (χ3n) is 3.11. The summed E-state index contributed by atoms with van der Waals surface area (Å²) in [5, 5.41) is 2.68. The number of hydrogen-bond acceptors (Lipinski definition) is 4. The predicted octanol–water partition coefficient (Wildman–Crippen LogP) is 2.74. The van der Waals surface area contributed by atoms with Crippen LogP contribution in [0.25, 0.3) is 0 Å². The zero-order valence-corrected chi connectivity index (χ0v) is 14.5. The van der Waals surface area contributed by atoms with Crippen LogP contribution < -0.4 is 11.1 Å². The number of hydrogen-bond donors (Lipinski definition) is 2. The lowest BCUT2D eigenvalue weighted by atomic mass is 10.1. The van der Waals surface area contributed by atoms with E-state index in [-0.39, 0.29) is 30.0 Å². The standard InChI is InChI=1S/C16H16BrFN4O2/c1-20-16(19)24-7-6-10-8-12(3-4-13(10)18)22-15(23)14-5-2-11(17)9-21-14/h2-5,8-9H,6-7H2,1H3,(H2,19,20)(H,22,23). The van der Waals surface area contributed by atoms with E-state index in [1.165, 1.54) is 25.4 Å². The van der Waals surface area contributed by atoms with E-state index in [4.69, 9.17) is 10.5 Å². The molecule has 6 nitrogen and oxygen atoms in total. The Morgan fingerprint density at radius 1 is 1.42 bits per heavy atom. The minimum Gasteiger partial charge on any atom is -0.465 e. The van der Waals surface area contributed by atoms with E-state index in [2.05, 4.69) is 31.2 Å². The van der Waals surface area contributed by atoms with Crippen molar-refractivity contribution in [3.05, 3.63) is 58.1 Å². The topological polar surface area (TPSA) is 89.6 Å². The first-order chi connectivity index (χ1) is 11.5. The molecule has 0 radical (unpaired) electrons. The minimum atomic E-state index is -0.384.